The Kier molecular flexibility index (Phi) is 10.8. The molecule has 0 saturated heterocycles. The summed E-state index contributed by atoms with van der Waals surface area (Å²) in [6.07, 6.45) is 0. The van der Waals surface area contributed by atoms with E-state index in [1.54, 1.807) is 0 Å². The predicted molar refractivity (Wildman–Crippen MR) is 327 cm³/mol. The zero-order chi connectivity index (χ0) is 51.5. The predicted octanol–water partition coefficient (Wildman–Crippen LogP) is 21.4. The van der Waals surface area contributed by atoms with Gasteiger partial charge in [-0.25, -0.2) is 0 Å². The maximum absolute atomic E-state index is 6.46. The summed E-state index contributed by atoms with van der Waals surface area (Å²) in [4.78, 5) is 4.81. The van der Waals surface area contributed by atoms with E-state index < -0.39 is 0 Å². The summed E-state index contributed by atoms with van der Waals surface area (Å²) >= 11 is 0. The van der Waals surface area contributed by atoms with E-state index in [2.05, 4.69) is 277 Å². The van der Waals surface area contributed by atoms with Crippen LogP contribution in [0.1, 0.15) is 0 Å². The van der Waals surface area contributed by atoms with Crippen LogP contribution in [0.3, 0.4) is 0 Å². The molecule has 0 spiro atoms. The number of benzene rings is 13. The molecule has 0 aliphatic rings. The number of rotatable bonds is 10. The number of hydrogen-bond acceptors (Lipinski definition) is 4. The van der Waals surface area contributed by atoms with E-state index in [9.17, 15) is 0 Å². The summed E-state index contributed by atoms with van der Waals surface area (Å²) in [6.45, 7) is 0. The Hall–Kier alpha value is -10.4. The van der Waals surface area contributed by atoms with E-state index in [4.69, 9.17) is 8.83 Å². The van der Waals surface area contributed by atoms with Gasteiger partial charge in [0.1, 0.15) is 22.3 Å². The van der Waals surface area contributed by atoms with Crippen LogP contribution in [0.25, 0.3) is 110 Å². The second-order valence-corrected chi connectivity index (χ2v) is 20.1. The van der Waals surface area contributed by atoms with Gasteiger partial charge in [-0.1, -0.05) is 188 Å². The normalized spacial score (nSPS) is 11.6. The zero-order valence-electron chi connectivity index (χ0n) is 42.4. The molecular formula is C74H48N2O2. The van der Waals surface area contributed by atoms with Gasteiger partial charge in [0.15, 0.2) is 0 Å². The molecule has 0 N–H and O–H groups in total. The highest BCUT2D eigenvalue weighted by Crippen LogP contribution is 2.47. The third-order valence-electron chi connectivity index (χ3n) is 15.4. The lowest BCUT2D eigenvalue weighted by atomic mass is 9.92. The zero-order valence-corrected chi connectivity index (χ0v) is 42.4. The number of hydrogen-bond donors (Lipinski definition) is 0. The number of anilines is 6. The molecule has 2 heterocycles. The Morgan fingerprint density at radius 2 is 0.577 bits per heavy atom. The van der Waals surface area contributed by atoms with Crippen LogP contribution in [0.5, 0.6) is 0 Å². The first-order chi connectivity index (χ1) is 38.6. The molecule has 15 rings (SSSR count). The highest BCUT2D eigenvalue weighted by atomic mass is 16.3. The maximum Gasteiger partial charge on any atom is 0.135 e. The van der Waals surface area contributed by atoms with Gasteiger partial charge in [-0.15, -0.1) is 0 Å². The van der Waals surface area contributed by atoms with Gasteiger partial charge in [0.25, 0.3) is 0 Å². The number of fused-ring (bicyclic) bond motifs is 9. The van der Waals surface area contributed by atoms with Crippen molar-refractivity contribution < 1.29 is 8.83 Å². The lowest BCUT2D eigenvalue weighted by Crippen LogP contribution is -2.14. The molecule has 13 aromatic carbocycles. The van der Waals surface area contributed by atoms with Crippen molar-refractivity contribution in [2.75, 3.05) is 9.80 Å². The Balaban J connectivity index is 0.970. The summed E-state index contributed by atoms with van der Waals surface area (Å²) in [5.41, 5.74) is 18.7. The minimum absolute atomic E-state index is 0.846. The van der Waals surface area contributed by atoms with Crippen molar-refractivity contribution in [1.82, 2.24) is 0 Å². The summed E-state index contributed by atoms with van der Waals surface area (Å²) < 4.78 is 12.7. The van der Waals surface area contributed by atoms with E-state index in [0.717, 1.165) is 111 Å². The number of furan rings is 2. The van der Waals surface area contributed by atoms with E-state index in [1.165, 1.54) is 32.7 Å². The fraction of sp³-hybridized carbons (Fsp3) is 0. The molecule has 0 aliphatic carbocycles. The molecule has 78 heavy (non-hydrogen) atoms. The molecule has 0 bridgehead atoms. The lowest BCUT2D eigenvalue weighted by molar-refractivity contribution is 0.668. The van der Waals surface area contributed by atoms with Crippen molar-refractivity contribution in [2.24, 2.45) is 0 Å². The standard InChI is InChI=1S/C74H48N2O2/c1-3-15-49(16-4-1)51-27-34-57(35-28-51)75(58-36-29-52(30-37-58)50-17-5-2-6-18-50)61-43-56(68-46-55-19-7-8-20-63(55)64-21-9-10-22-65(64)68)44-62(47-61)76(60-40-42-74-70(48-60)67-24-12-14-26-72(67)78-74)59-38-31-53(32-39-59)54-33-41-73-69(45-54)66-23-11-13-25-71(66)77-73/h1-48H. The van der Waals surface area contributed by atoms with E-state index in [0.29, 0.717) is 0 Å². The first-order valence-corrected chi connectivity index (χ1v) is 26.5. The molecule has 4 nitrogen and oxygen atoms in total. The molecule has 2 aromatic heterocycles. The van der Waals surface area contributed by atoms with Crippen LogP contribution < -0.4 is 9.80 Å². The minimum Gasteiger partial charge on any atom is -0.456 e. The highest BCUT2D eigenvalue weighted by Gasteiger charge is 2.23. The fourth-order valence-corrected chi connectivity index (χ4v) is 11.6. The van der Waals surface area contributed by atoms with Gasteiger partial charge in [0, 0.05) is 55.7 Å². The molecule has 4 heteroatoms. The van der Waals surface area contributed by atoms with Crippen molar-refractivity contribution in [3.8, 4) is 44.5 Å². The van der Waals surface area contributed by atoms with Crippen LogP contribution >= 0.6 is 0 Å². The van der Waals surface area contributed by atoms with Crippen LogP contribution in [-0.2, 0) is 0 Å². The topological polar surface area (TPSA) is 32.8 Å². The molecule has 0 radical (unpaired) electrons. The van der Waals surface area contributed by atoms with Gasteiger partial charge in [0.05, 0.1) is 0 Å². The highest BCUT2D eigenvalue weighted by molar-refractivity contribution is 6.14. The van der Waals surface area contributed by atoms with Gasteiger partial charge in [-0.3, -0.25) is 0 Å². The molecule has 0 saturated carbocycles. The second kappa shape index (κ2) is 18.7. The minimum atomic E-state index is 0.846. The van der Waals surface area contributed by atoms with Crippen LogP contribution in [0.2, 0.25) is 0 Å². The van der Waals surface area contributed by atoms with Gasteiger partial charge in [0.2, 0.25) is 0 Å². The average molecular weight is 997 g/mol. The van der Waals surface area contributed by atoms with Crippen molar-refractivity contribution in [1.29, 1.82) is 0 Å². The van der Waals surface area contributed by atoms with Gasteiger partial charge < -0.3 is 18.6 Å². The van der Waals surface area contributed by atoms with E-state index >= 15 is 0 Å². The van der Waals surface area contributed by atoms with E-state index in [1.807, 2.05) is 24.3 Å². The largest absolute Gasteiger partial charge is 0.456 e. The first-order valence-electron chi connectivity index (χ1n) is 26.5. The molecule has 0 aliphatic heterocycles. The van der Waals surface area contributed by atoms with Gasteiger partial charge >= 0.3 is 0 Å². The molecule has 366 valence electrons. The third-order valence-corrected chi connectivity index (χ3v) is 15.4. The number of nitrogens with zero attached hydrogens (tertiary/aromatic N) is 2. The van der Waals surface area contributed by atoms with Crippen molar-refractivity contribution in [2.45, 2.75) is 0 Å². The first kappa shape index (κ1) is 45.0. The summed E-state index contributed by atoms with van der Waals surface area (Å²) in [7, 11) is 0. The van der Waals surface area contributed by atoms with Crippen molar-refractivity contribution in [3.63, 3.8) is 0 Å². The van der Waals surface area contributed by atoms with Crippen LogP contribution in [0.15, 0.2) is 300 Å². The van der Waals surface area contributed by atoms with Crippen molar-refractivity contribution in [3.05, 3.63) is 291 Å². The van der Waals surface area contributed by atoms with Crippen molar-refractivity contribution >= 4 is 99.5 Å². The monoisotopic (exact) mass is 996 g/mol. The second-order valence-electron chi connectivity index (χ2n) is 20.1. The number of para-hydroxylation sites is 2. The molecular weight excluding hydrogens is 949 g/mol. The summed E-state index contributed by atoms with van der Waals surface area (Å²) in [6, 6.07) is 105. The van der Waals surface area contributed by atoms with E-state index in [-0.39, 0.29) is 0 Å². The lowest BCUT2D eigenvalue weighted by Gasteiger charge is -2.31. The Morgan fingerprint density at radius 1 is 0.192 bits per heavy atom. The quantitative estimate of drug-likeness (QED) is 0.128. The average Bonchev–Trinajstić information content (AvgIpc) is 4.19. The smallest absolute Gasteiger partial charge is 0.135 e. The molecule has 0 unspecified atom stereocenters. The molecule has 15 aromatic rings. The van der Waals surface area contributed by atoms with Gasteiger partial charge in [-0.05, 0) is 169 Å². The van der Waals surface area contributed by atoms with Gasteiger partial charge in [-0.2, -0.15) is 0 Å². The van der Waals surface area contributed by atoms with Crippen LogP contribution in [0, 0.1) is 0 Å². The SMILES string of the molecule is c1ccc(-c2ccc(N(c3ccc(-c4ccccc4)cc3)c3cc(-c4cc5ccccc5c5ccccc45)cc(N(c4ccc(-c5ccc6oc7ccccc7c6c5)cc4)c4ccc5oc6ccccc6c5c4)c3)cc2)cc1. The third kappa shape index (κ3) is 7.94. The Labute approximate surface area is 451 Å². The Morgan fingerprint density at radius 3 is 1.14 bits per heavy atom. The van der Waals surface area contributed by atoms with Crippen LogP contribution in [-0.4, -0.2) is 0 Å². The molecule has 0 amide bonds. The maximum atomic E-state index is 6.46. The Bertz CT molecular complexity index is 4630. The molecule has 0 fully saturated rings. The molecule has 0 atom stereocenters. The van der Waals surface area contributed by atoms with Crippen LogP contribution in [0.4, 0.5) is 34.1 Å². The summed E-state index contributed by atoms with van der Waals surface area (Å²) in [5, 5.41) is 9.18. The summed E-state index contributed by atoms with van der Waals surface area (Å²) in [5.74, 6) is 0. The fourth-order valence-electron chi connectivity index (χ4n) is 11.6.